The summed E-state index contributed by atoms with van der Waals surface area (Å²) in [4.78, 5) is 4.32. The van der Waals surface area contributed by atoms with Gasteiger partial charge in [0.15, 0.2) is 0 Å². The molecule has 4 N–H and O–H groups in total. The molecule has 114 valence electrons. The van der Waals surface area contributed by atoms with Gasteiger partial charge in [0.1, 0.15) is 5.82 Å². The third kappa shape index (κ3) is 4.89. The predicted molar refractivity (Wildman–Crippen MR) is 83.0 cm³/mol. The maximum Gasteiger partial charge on any atom is 0.239 e. The van der Waals surface area contributed by atoms with E-state index in [1.54, 1.807) is 12.1 Å². The molecule has 5 nitrogen and oxygen atoms in total. The number of aliphatic hydroxyl groups is 1. The second-order valence-electron chi connectivity index (χ2n) is 4.96. The number of aliphatic hydroxyl groups excluding tert-OH is 1. The summed E-state index contributed by atoms with van der Waals surface area (Å²) in [5, 5.41) is 13.2. The first-order valence-corrected chi connectivity index (χ1v) is 7.43. The summed E-state index contributed by atoms with van der Waals surface area (Å²) in [6.07, 6.45) is 2.48. The Labute approximate surface area is 121 Å². The van der Waals surface area contributed by atoms with Crippen molar-refractivity contribution in [3.8, 4) is 5.88 Å². The fourth-order valence-electron chi connectivity index (χ4n) is 2.07. The highest BCUT2D eigenvalue weighted by molar-refractivity contribution is 5.53. The van der Waals surface area contributed by atoms with Gasteiger partial charge in [0.25, 0.3) is 0 Å². The van der Waals surface area contributed by atoms with Crippen molar-refractivity contribution in [2.75, 3.05) is 24.2 Å². The summed E-state index contributed by atoms with van der Waals surface area (Å²) in [6.45, 7) is 7.29. The van der Waals surface area contributed by atoms with Crippen molar-refractivity contribution >= 4 is 11.5 Å². The van der Waals surface area contributed by atoms with Crippen LogP contribution in [0.25, 0.3) is 0 Å². The maximum absolute atomic E-state index is 10.1. The van der Waals surface area contributed by atoms with Crippen molar-refractivity contribution < 1.29 is 9.84 Å². The van der Waals surface area contributed by atoms with Crippen LogP contribution in [0.3, 0.4) is 0 Å². The molecule has 0 fully saturated rings. The lowest BCUT2D eigenvalue weighted by Gasteiger charge is -2.20. The normalized spacial score (nSPS) is 12.4. The smallest absolute Gasteiger partial charge is 0.239 e. The van der Waals surface area contributed by atoms with Gasteiger partial charge >= 0.3 is 0 Å². The van der Waals surface area contributed by atoms with Gasteiger partial charge < -0.3 is 20.9 Å². The van der Waals surface area contributed by atoms with Gasteiger partial charge in [-0.2, -0.15) is 4.98 Å². The quantitative estimate of drug-likeness (QED) is 0.648. The highest BCUT2D eigenvalue weighted by Crippen LogP contribution is 2.21. The standard InChI is InChI=1S/C15H27N3O2/c1-4-9-20-15-12(16)7-8-14(18-15)17-10-13(19)11(5-2)6-3/h7-8,11,13,19H,4-6,9-10,16H2,1-3H3,(H,17,18). The number of rotatable bonds is 9. The third-order valence-corrected chi connectivity index (χ3v) is 3.42. The van der Waals surface area contributed by atoms with Gasteiger partial charge in [-0.15, -0.1) is 0 Å². The molecule has 0 saturated heterocycles. The van der Waals surface area contributed by atoms with Gasteiger partial charge in [0.2, 0.25) is 5.88 Å². The minimum absolute atomic E-state index is 0.312. The number of nitrogens with zero attached hydrogens (tertiary/aromatic N) is 1. The second kappa shape index (κ2) is 8.64. The minimum atomic E-state index is -0.371. The van der Waals surface area contributed by atoms with Crippen LogP contribution in [0.1, 0.15) is 40.0 Å². The first-order valence-electron chi connectivity index (χ1n) is 7.43. The predicted octanol–water partition coefficient (Wildman–Crippen LogP) is 2.66. The summed E-state index contributed by atoms with van der Waals surface area (Å²) in [5.74, 6) is 1.44. The van der Waals surface area contributed by atoms with E-state index in [1.807, 2.05) is 6.92 Å². The van der Waals surface area contributed by atoms with Crippen LogP contribution in [0.15, 0.2) is 12.1 Å². The van der Waals surface area contributed by atoms with Crippen molar-refractivity contribution in [2.24, 2.45) is 5.92 Å². The third-order valence-electron chi connectivity index (χ3n) is 3.42. The molecule has 1 aromatic rings. The lowest BCUT2D eigenvalue weighted by Crippen LogP contribution is -2.28. The molecule has 0 aliphatic carbocycles. The molecule has 0 aromatic carbocycles. The molecule has 1 rings (SSSR count). The Hall–Kier alpha value is -1.49. The number of nitrogen functional groups attached to an aromatic ring is 1. The zero-order valence-electron chi connectivity index (χ0n) is 12.7. The van der Waals surface area contributed by atoms with Crippen LogP contribution in [0.4, 0.5) is 11.5 Å². The van der Waals surface area contributed by atoms with E-state index < -0.39 is 0 Å². The fourth-order valence-corrected chi connectivity index (χ4v) is 2.07. The minimum Gasteiger partial charge on any atom is -0.476 e. The molecule has 1 unspecified atom stereocenters. The van der Waals surface area contributed by atoms with E-state index in [0.29, 0.717) is 36.5 Å². The van der Waals surface area contributed by atoms with Crippen LogP contribution in [0, 0.1) is 5.92 Å². The van der Waals surface area contributed by atoms with Gasteiger partial charge in [-0.25, -0.2) is 0 Å². The number of hydrogen-bond acceptors (Lipinski definition) is 5. The summed E-state index contributed by atoms with van der Waals surface area (Å²) in [6, 6.07) is 3.57. The molecule has 0 saturated carbocycles. The molecule has 0 radical (unpaired) electrons. The van der Waals surface area contributed by atoms with Crippen molar-refractivity contribution in [3.05, 3.63) is 12.1 Å². The van der Waals surface area contributed by atoms with Crippen molar-refractivity contribution in [1.29, 1.82) is 0 Å². The molecule has 1 aromatic heterocycles. The Balaban J connectivity index is 2.59. The lowest BCUT2D eigenvalue weighted by molar-refractivity contribution is 0.114. The van der Waals surface area contributed by atoms with Crippen LogP contribution in [-0.2, 0) is 0 Å². The Bertz CT molecular complexity index is 395. The highest BCUT2D eigenvalue weighted by Gasteiger charge is 2.15. The van der Waals surface area contributed by atoms with Gasteiger partial charge in [-0.05, 0) is 24.5 Å². The largest absolute Gasteiger partial charge is 0.476 e. The van der Waals surface area contributed by atoms with Crippen LogP contribution in [-0.4, -0.2) is 29.3 Å². The molecule has 5 heteroatoms. The number of anilines is 2. The Kier molecular flexibility index (Phi) is 7.15. The first-order chi connectivity index (χ1) is 9.62. The Morgan fingerprint density at radius 2 is 2.00 bits per heavy atom. The molecule has 0 bridgehead atoms. The molecule has 20 heavy (non-hydrogen) atoms. The summed E-state index contributed by atoms with van der Waals surface area (Å²) >= 11 is 0. The van der Waals surface area contributed by atoms with Gasteiger partial charge in [-0.3, -0.25) is 0 Å². The number of pyridine rings is 1. The number of aromatic nitrogens is 1. The second-order valence-corrected chi connectivity index (χ2v) is 4.96. The first kappa shape index (κ1) is 16.6. The van der Waals surface area contributed by atoms with E-state index in [9.17, 15) is 5.11 Å². The summed E-state index contributed by atoms with van der Waals surface area (Å²) in [5.41, 5.74) is 6.34. The van der Waals surface area contributed by atoms with Crippen molar-refractivity contribution in [1.82, 2.24) is 4.98 Å². The topological polar surface area (TPSA) is 80.4 Å². The van der Waals surface area contributed by atoms with E-state index in [2.05, 4.69) is 24.1 Å². The number of hydrogen-bond donors (Lipinski definition) is 3. The average molecular weight is 281 g/mol. The lowest BCUT2D eigenvalue weighted by atomic mass is 9.97. The van der Waals surface area contributed by atoms with E-state index in [-0.39, 0.29) is 6.10 Å². The fraction of sp³-hybridized carbons (Fsp3) is 0.667. The molecular formula is C15H27N3O2. The molecule has 0 amide bonds. The van der Waals surface area contributed by atoms with E-state index in [0.717, 1.165) is 19.3 Å². The van der Waals surface area contributed by atoms with Crippen LogP contribution in [0.5, 0.6) is 5.88 Å². The van der Waals surface area contributed by atoms with E-state index >= 15 is 0 Å². The molecule has 0 aliphatic rings. The Morgan fingerprint density at radius 1 is 1.30 bits per heavy atom. The maximum atomic E-state index is 10.1. The van der Waals surface area contributed by atoms with Gasteiger partial charge in [-0.1, -0.05) is 33.6 Å². The zero-order chi connectivity index (χ0) is 15.0. The zero-order valence-corrected chi connectivity index (χ0v) is 12.7. The van der Waals surface area contributed by atoms with Crippen molar-refractivity contribution in [2.45, 2.75) is 46.1 Å². The molecule has 1 atom stereocenters. The number of nitrogens with two attached hydrogens (primary N) is 1. The SMILES string of the molecule is CCCOc1nc(NCC(O)C(CC)CC)ccc1N. The van der Waals surface area contributed by atoms with Crippen LogP contribution >= 0.6 is 0 Å². The van der Waals surface area contributed by atoms with Crippen LogP contribution in [0.2, 0.25) is 0 Å². The van der Waals surface area contributed by atoms with E-state index in [4.69, 9.17) is 10.5 Å². The van der Waals surface area contributed by atoms with Crippen molar-refractivity contribution in [3.63, 3.8) is 0 Å². The monoisotopic (exact) mass is 281 g/mol. The van der Waals surface area contributed by atoms with Crippen LogP contribution < -0.4 is 15.8 Å². The number of ether oxygens (including phenoxy) is 1. The molecule has 0 aliphatic heterocycles. The molecule has 1 heterocycles. The summed E-state index contributed by atoms with van der Waals surface area (Å²) < 4.78 is 5.48. The number of nitrogens with one attached hydrogen (secondary N) is 1. The van der Waals surface area contributed by atoms with Gasteiger partial charge in [0, 0.05) is 6.54 Å². The average Bonchev–Trinajstić information content (AvgIpc) is 2.46. The highest BCUT2D eigenvalue weighted by atomic mass is 16.5. The molecule has 0 spiro atoms. The van der Waals surface area contributed by atoms with E-state index in [1.165, 1.54) is 0 Å². The molecular weight excluding hydrogens is 254 g/mol. The summed E-state index contributed by atoms with van der Waals surface area (Å²) in [7, 11) is 0. The van der Waals surface area contributed by atoms with Gasteiger partial charge in [0.05, 0.1) is 18.4 Å². The Morgan fingerprint density at radius 3 is 2.60 bits per heavy atom.